The number of urea groups is 1. The van der Waals surface area contributed by atoms with Gasteiger partial charge in [-0.1, -0.05) is 12.1 Å². The zero-order valence-corrected chi connectivity index (χ0v) is 13.8. The lowest BCUT2D eigenvalue weighted by Gasteiger charge is -2.25. The van der Waals surface area contributed by atoms with Gasteiger partial charge in [0.1, 0.15) is 0 Å². The normalized spacial score (nSPS) is 22.0. The number of hydrogen-bond donors (Lipinski definition) is 2. The van der Waals surface area contributed by atoms with Gasteiger partial charge in [0.15, 0.2) is 0 Å². The van der Waals surface area contributed by atoms with Gasteiger partial charge in [-0.3, -0.25) is 0 Å². The Bertz CT molecular complexity index is 603. The second-order valence-corrected chi connectivity index (χ2v) is 6.45. The summed E-state index contributed by atoms with van der Waals surface area (Å²) in [5, 5.41) is 5.78. The van der Waals surface area contributed by atoms with E-state index >= 15 is 0 Å². The average molecular weight is 357 g/mol. The molecule has 2 heterocycles. The molecule has 2 aliphatic heterocycles. The Morgan fingerprint density at radius 2 is 1.76 bits per heavy atom. The Balaban J connectivity index is 1.56. The number of rotatable bonds is 3. The van der Waals surface area contributed by atoms with Crippen molar-refractivity contribution in [2.45, 2.75) is 37.5 Å². The number of carbonyl (C=O) groups excluding carboxylic acids is 1. The van der Waals surface area contributed by atoms with Gasteiger partial charge in [0.2, 0.25) is 0 Å². The molecule has 2 aliphatic rings. The summed E-state index contributed by atoms with van der Waals surface area (Å²) in [5.74, 6) is 0. The monoisotopic (exact) mass is 357 g/mol. The van der Waals surface area contributed by atoms with Gasteiger partial charge in [0.05, 0.1) is 5.56 Å². The predicted molar refractivity (Wildman–Crippen MR) is 87.6 cm³/mol. The van der Waals surface area contributed by atoms with E-state index in [0.717, 1.165) is 18.9 Å². The fraction of sp³-hybridized carbons (Fsp3) is 0.588. The van der Waals surface area contributed by atoms with Crippen molar-refractivity contribution >= 4 is 11.7 Å². The molecule has 5 nitrogen and oxygen atoms in total. The van der Waals surface area contributed by atoms with E-state index in [0.29, 0.717) is 32.7 Å². The van der Waals surface area contributed by atoms with Crippen molar-refractivity contribution in [3.8, 4) is 0 Å². The first kappa shape index (κ1) is 17.8. The lowest BCUT2D eigenvalue weighted by molar-refractivity contribution is -0.137. The molecule has 3 rings (SSSR count). The molecule has 2 N–H and O–H groups in total. The maximum Gasteiger partial charge on any atom is 0.418 e. The van der Waals surface area contributed by atoms with Crippen molar-refractivity contribution in [2.24, 2.45) is 0 Å². The van der Waals surface area contributed by atoms with Crippen molar-refractivity contribution < 1.29 is 22.7 Å². The van der Waals surface area contributed by atoms with Gasteiger partial charge in [-0.2, -0.15) is 13.2 Å². The molecule has 0 saturated carbocycles. The zero-order chi connectivity index (χ0) is 17.9. The third-order valence-electron chi connectivity index (χ3n) is 4.63. The highest BCUT2D eigenvalue weighted by atomic mass is 19.4. The first-order valence-electron chi connectivity index (χ1n) is 8.49. The number of para-hydroxylation sites is 1. The molecule has 25 heavy (non-hydrogen) atoms. The number of carbonyl (C=O) groups is 1. The van der Waals surface area contributed by atoms with Gasteiger partial charge in [-0.05, 0) is 31.4 Å². The van der Waals surface area contributed by atoms with Crippen LogP contribution < -0.4 is 15.5 Å². The van der Waals surface area contributed by atoms with Crippen molar-refractivity contribution in [3.05, 3.63) is 29.8 Å². The summed E-state index contributed by atoms with van der Waals surface area (Å²) in [7, 11) is 0. The van der Waals surface area contributed by atoms with Crippen LogP contribution in [0.5, 0.6) is 0 Å². The van der Waals surface area contributed by atoms with Crippen LogP contribution in [0.3, 0.4) is 0 Å². The number of ether oxygens (including phenoxy) is 1. The molecule has 1 atom stereocenters. The first-order valence-corrected chi connectivity index (χ1v) is 8.49. The number of anilines is 1. The van der Waals surface area contributed by atoms with Gasteiger partial charge >= 0.3 is 12.2 Å². The second kappa shape index (κ2) is 7.51. The van der Waals surface area contributed by atoms with E-state index in [-0.39, 0.29) is 23.8 Å². The maximum atomic E-state index is 13.2. The van der Waals surface area contributed by atoms with Crippen LogP contribution in [-0.4, -0.2) is 44.4 Å². The van der Waals surface area contributed by atoms with Crippen LogP contribution >= 0.6 is 0 Å². The summed E-state index contributed by atoms with van der Waals surface area (Å²) in [4.78, 5) is 13.8. The fourth-order valence-electron chi connectivity index (χ4n) is 3.34. The Hall–Kier alpha value is -1.96. The molecule has 2 fully saturated rings. The lowest BCUT2D eigenvalue weighted by atomic mass is 10.1. The molecule has 1 aromatic carbocycles. The van der Waals surface area contributed by atoms with E-state index in [9.17, 15) is 18.0 Å². The molecule has 0 aliphatic carbocycles. The first-order chi connectivity index (χ1) is 11.9. The number of halogens is 3. The van der Waals surface area contributed by atoms with E-state index in [4.69, 9.17) is 4.74 Å². The summed E-state index contributed by atoms with van der Waals surface area (Å²) in [6.07, 6.45) is -2.21. The molecule has 0 spiro atoms. The summed E-state index contributed by atoms with van der Waals surface area (Å²) in [6, 6.07) is 5.23. The standard InChI is InChI=1S/C17H22F3N3O2/c18-17(19,20)14-3-1-2-4-15(14)23-8-5-13(11-23)22-16(24)21-12-6-9-25-10-7-12/h1-4,12-13H,5-11H2,(H2,21,22,24). The Kier molecular flexibility index (Phi) is 5.36. The average Bonchev–Trinajstić information content (AvgIpc) is 3.03. The van der Waals surface area contributed by atoms with Crippen molar-refractivity contribution in [1.29, 1.82) is 0 Å². The smallest absolute Gasteiger partial charge is 0.381 e. The largest absolute Gasteiger partial charge is 0.418 e. The number of amides is 2. The van der Waals surface area contributed by atoms with Crippen LogP contribution in [0.15, 0.2) is 24.3 Å². The maximum absolute atomic E-state index is 13.2. The van der Waals surface area contributed by atoms with E-state index in [2.05, 4.69) is 10.6 Å². The molecular weight excluding hydrogens is 335 g/mol. The van der Waals surface area contributed by atoms with Crippen LogP contribution in [0.1, 0.15) is 24.8 Å². The van der Waals surface area contributed by atoms with Gasteiger partial charge in [0.25, 0.3) is 0 Å². The summed E-state index contributed by atoms with van der Waals surface area (Å²) in [5.41, 5.74) is -0.466. The number of alkyl halides is 3. The quantitative estimate of drug-likeness (QED) is 0.875. The van der Waals surface area contributed by atoms with Crippen LogP contribution in [0.2, 0.25) is 0 Å². The van der Waals surface area contributed by atoms with Gasteiger partial charge in [0, 0.05) is 44.1 Å². The van der Waals surface area contributed by atoms with Crippen LogP contribution in [0.25, 0.3) is 0 Å². The summed E-state index contributed by atoms with van der Waals surface area (Å²) < 4.78 is 44.7. The van der Waals surface area contributed by atoms with Crippen LogP contribution in [0.4, 0.5) is 23.7 Å². The molecule has 2 saturated heterocycles. The van der Waals surface area contributed by atoms with Crippen molar-refractivity contribution in [2.75, 3.05) is 31.2 Å². The highest BCUT2D eigenvalue weighted by Crippen LogP contribution is 2.37. The number of benzene rings is 1. The van der Waals surface area contributed by atoms with E-state index in [1.54, 1.807) is 11.0 Å². The minimum absolute atomic E-state index is 0.0946. The highest BCUT2D eigenvalue weighted by Gasteiger charge is 2.36. The number of nitrogens with one attached hydrogen (secondary N) is 2. The Morgan fingerprint density at radius 3 is 2.48 bits per heavy atom. The Morgan fingerprint density at radius 1 is 1.08 bits per heavy atom. The third-order valence-corrected chi connectivity index (χ3v) is 4.63. The van der Waals surface area contributed by atoms with Gasteiger partial charge < -0.3 is 20.3 Å². The third kappa shape index (κ3) is 4.56. The number of hydrogen-bond acceptors (Lipinski definition) is 3. The zero-order valence-electron chi connectivity index (χ0n) is 13.8. The lowest BCUT2D eigenvalue weighted by Crippen LogP contribution is -2.48. The summed E-state index contributed by atoms with van der Waals surface area (Å²) in [6.45, 7) is 2.12. The highest BCUT2D eigenvalue weighted by molar-refractivity contribution is 5.74. The number of nitrogens with zero attached hydrogens (tertiary/aromatic N) is 1. The molecule has 1 aromatic rings. The predicted octanol–water partition coefficient (Wildman–Crippen LogP) is 2.76. The summed E-state index contributed by atoms with van der Waals surface area (Å²) >= 11 is 0. The van der Waals surface area contributed by atoms with Crippen LogP contribution in [-0.2, 0) is 10.9 Å². The van der Waals surface area contributed by atoms with Gasteiger partial charge in [-0.25, -0.2) is 4.79 Å². The minimum atomic E-state index is -4.39. The van der Waals surface area contributed by atoms with Crippen LogP contribution in [0, 0.1) is 0 Å². The van der Waals surface area contributed by atoms with E-state index < -0.39 is 11.7 Å². The van der Waals surface area contributed by atoms with Crippen molar-refractivity contribution in [1.82, 2.24) is 10.6 Å². The molecule has 1 unspecified atom stereocenters. The topological polar surface area (TPSA) is 53.6 Å². The molecule has 0 aromatic heterocycles. The SMILES string of the molecule is O=C(NC1CCOCC1)NC1CCN(c2ccccc2C(F)(F)F)C1. The minimum Gasteiger partial charge on any atom is -0.381 e. The molecule has 8 heteroatoms. The molecule has 138 valence electrons. The Labute approximate surface area is 144 Å². The second-order valence-electron chi connectivity index (χ2n) is 6.45. The molecule has 2 amide bonds. The van der Waals surface area contributed by atoms with E-state index in [1.807, 2.05) is 0 Å². The van der Waals surface area contributed by atoms with E-state index in [1.165, 1.54) is 12.1 Å². The fourth-order valence-corrected chi connectivity index (χ4v) is 3.34. The van der Waals surface area contributed by atoms with Gasteiger partial charge in [-0.15, -0.1) is 0 Å². The molecule has 0 radical (unpaired) electrons. The van der Waals surface area contributed by atoms with Crippen molar-refractivity contribution in [3.63, 3.8) is 0 Å². The molecule has 0 bridgehead atoms. The molecular formula is C17H22F3N3O2.